The molecular formula is C22H19N3O3S. The molecule has 29 heavy (non-hydrogen) atoms. The van der Waals surface area contributed by atoms with Gasteiger partial charge in [0.25, 0.3) is 5.91 Å². The molecule has 0 aliphatic heterocycles. The number of carbonyl (C=O) groups excluding carboxylic acids is 1. The molecule has 0 saturated heterocycles. The van der Waals surface area contributed by atoms with Crippen molar-refractivity contribution in [2.75, 3.05) is 19.5 Å². The van der Waals surface area contributed by atoms with E-state index in [-0.39, 0.29) is 5.91 Å². The van der Waals surface area contributed by atoms with Crippen molar-refractivity contribution in [3.63, 3.8) is 0 Å². The summed E-state index contributed by atoms with van der Waals surface area (Å²) < 4.78 is 12.2. The minimum absolute atomic E-state index is 0.278. The quantitative estimate of drug-likeness (QED) is 0.497. The summed E-state index contributed by atoms with van der Waals surface area (Å²) in [6.45, 7) is 0. The number of amides is 1. The summed E-state index contributed by atoms with van der Waals surface area (Å²) in [6.07, 6.45) is 0. The smallest absolute Gasteiger partial charge is 0.274 e. The van der Waals surface area contributed by atoms with E-state index < -0.39 is 0 Å². The van der Waals surface area contributed by atoms with Gasteiger partial charge < -0.3 is 14.8 Å². The molecule has 6 nitrogen and oxygen atoms in total. The Hall–Kier alpha value is -3.58. The Morgan fingerprint density at radius 1 is 0.966 bits per heavy atom. The monoisotopic (exact) mass is 405 g/mol. The molecule has 146 valence electrons. The van der Waals surface area contributed by atoms with Crippen molar-refractivity contribution in [1.82, 2.24) is 9.78 Å². The lowest BCUT2D eigenvalue weighted by Crippen LogP contribution is -2.17. The van der Waals surface area contributed by atoms with Crippen LogP contribution in [0.25, 0.3) is 16.3 Å². The van der Waals surface area contributed by atoms with Gasteiger partial charge in [-0.1, -0.05) is 24.3 Å². The maximum Gasteiger partial charge on any atom is 0.274 e. The number of aromatic nitrogens is 2. The molecule has 0 spiro atoms. The van der Waals surface area contributed by atoms with Gasteiger partial charge in [-0.25, -0.2) is 4.68 Å². The first-order valence-corrected chi connectivity index (χ1v) is 9.79. The van der Waals surface area contributed by atoms with E-state index in [4.69, 9.17) is 9.47 Å². The highest BCUT2D eigenvalue weighted by molar-refractivity contribution is 7.13. The zero-order valence-corrected chi connectivity index (χ0v) is 16.8. The van der Waals surface area contributed by atoms with Crippen LogP contribution in [0.1, 0.15) is 10.5 Å². The average Bonchev–Trinajstić information content (AvgIpc) is 3.44. The SMILES string of the molecule is COc1cc(NC(=O)c2cc(-c3cccs3)nn2-c2ccccc2)cc(OC)c1. The van der Waals surface area contributed by atoms with Crippen molar-refractivity contribution in [3.8, 4) is 27.8 Å². The van der Waals surface area contributed by atoms with Gasteiger partial charge in [0.05, 0.1) is 24.8 Å². The van der Waals surface area contributed by atoms with E-state index in [1.54, 1.807) is 54.5 Å². The number of thiophene rings is 1. The number of nitrogens with zero attached hydrogens (tertiary/aromatic N) is 2. The van der Waals surface area contributed by atoms with E-state index >= 15 is 0 Å². The van der Waals surface area contributed by atoms with Crippen molar-refractivity contribution in [2.24, 2.45) is 0 Å². The molecule has 7 heteroatoms. The van der Waals surface area contributed by atoms with Crippen LogP contribution in [0.4, 0.5) is 5.69 Å². The van der Waals surface area contributed by atoms with Crippen LogP contribution in [0, 0.1) is 0 Å². The molecular weight excluding hydrogens is 386 g/mol. The molecule has 2 aromatic carbocycles. The molecule has 0 bridgehead atoms. The number of anilines is 1. The molecule has 1 amide bonds. The van der Waals surface area contributed by atoms with Gasteiger partial charge in [0.1, 0.15) is 22.9 Å². The number of rotatable bonds is 6. The number of hydrogen-bond acceptors (Lipinski definition) is 5. The van der Waals surface area contributed by atoms with Gasteiger partial charge in [0, 0.05) is 23.9 Å². The van der Waals surface area contributed by atoms with E-state index in [0.717, 1.165) is 16.3 Å². The van der Waals surface area contributed by atoms with E-state index in [2.05, 4.69) is 10.4 Å². The van der Waals surface area contributed by atoms with Gasteiger partial charge in [0.2, 0.25) is 0 Å². The largest absolute Gasteiger partial charge is 0.497 e. The molecule has 0 aliphatic rings. The molecule has 0 fully saturated rings. The van der Waals surface area contributed by atoms with Crippen molar-refractivity contribution in [3.05, 3.63) is 77.8 Å². The topological polar surface area (TPSA) is 65.4 Å². The van der Waals surface area contributed by atoms with Crippen LogP contribution in [0.2, 0.25) is 0 Å². The van der Waals surface area contributed by atoms with E-state index in [1.165, 1.54) is 0 Å². The third-order valence-electron chi connectivity index (χ3n) is 4.33. The first-order valence-electron chi connectivity index (χ1n) is 8.91. The number of methoxy groups -OCH3 is 2. The van der Waals surface area contributed by atoms with Gasteiger partial charge in [-0.05, 0) is 29.6 Å². The highest BCUT2D eigenvalue weighted by Gasteiger charge is 2.19. The van der Waals surface area contributed by atoms with Crippen molar-refractivity contribution >= 4 is 22.9 Å². The lowest BCUT2D eigenvalue weighted by atomic mass is 10.2. The van der Waals surface area contributed by atoms with Crippen LogP contribution in [-0.2, 0) is 0 Å². The number of benzene rings is 2. The Balaban J connectivity index is 1.73. The first kappa shape index (κ1) is 18.8. The van der Waals surface area contributed by atoms with Crippen LogP contribution < -0.4 is 14.8 Å². The van der Waals surface area contributed by atoms with Crippen LogP contribution >= 0.6 is 11.3 Å². The third kappa shape index (κ3) is 4.00. The van der Waals surface area contributed by atoms with Gasteiger partial charge in [-0.3, -0.25) is 4.79 Å². The number of carbonyl (C=O) groups is 1. The summed E-state index contributed by atoms with van der Waals surface area (Å²) in [6, 6.07) is 20.5. The Kier molecular flexibility index (Phi) is 5.31. The predicted molar refractivity (Wildman–Crippen MR) is 114 cm³/mol. The summed E-state index contributed by atoms with van der Waals surface area (Å²) in [5.41, 5.74) is 2.56. The van der Waals surface area contributed by atoms with Crippen LogP contribution in [0.3, 0.4) is 0 Å². The standard InChI is InChI=1S/C22H19N3O3S/c1-27-17-11-15(12-18(13-17)28-2)23-22(26)20-14-19(21-9-6-10-29-21)24-25(20)16-7-4-3-5-8-16/h3-14H,1-2H3,(H,23,26). The Bertz CT molecular complexity index is 1100. The van der Waals surface area contributed by atoms with Crippen LogP contribution in [0.5, 0.6) is 11.5 Å². The molecule has 2 aromatic heterocycles. The molecule has 0 aliphatic carbocycles. The summed E-state index contributed by atoms with van der Waals surface area (Å²) in [4.78, 5) is 14.1. The van der Waals surface area contributed by atoms with Crippen molar-refractivity contribution < 1.29 is 14.3 Å². The Morgan fingerprint density at radius 3 is 2.31 bits per heavy atom. The molecule has 2 heterocycles. The molecule has 4 rings (SSSR count). The van der Waals surface area contributed by atoms with Crippen LogP contribution in [0.15, 0.2) is 72.1 Å². The maximum atomic E-state index is 13.1. The average molecular weight is 405 g/mol. The summed E-state index contributed by atoms with van der Waals surface area (Å²) >= 11 is 1.58. The van der Waals surface area contributed by atoms with Crippen molar-refractivity contribution in [1.29, 1.82) is 0 Å². The van der Waals surface area contributed by atoms with E-state index in [1.807, 2.05) is 47.8 Å². The zero-order chi connectivity index (χ0) is 20.2. The van der Waals surface area contributed by atoms with Gasteiger partial charge in [-0.15, -0.1) is 11.3 Å². The lowest BCUT2D eigenvalue weighted by molar-refractivity contribution is 0.101. The second-order valence-electron chi connectivity index (χ2n) is 6.19. The fraction of sp³-hybridized carbons (Fsp3) is 0.0909. The zero-order valence-electron chi connectivity index (χ0n) is 16.0. The summed E-state index contributed by atoms with van der Waals surface area (Å²) in [5.74, 6) is 0.908. The number of hydrogen-bond donors (Lipinski definition) is 1. The Morgan fingerprint density at radius 2 is 1.69 bits per heavy atom. The molecule has 4 aromatic rings. The number of para-hydroxylation sites is 1. The third-order valence-corrected chi connectivity index (χ3v) is 5.22. The molecule has 0 unspecified atom stereocenters. The predicted octanol–water partition coefficient (Wildman–Crippen LogP) is 4.87. The van der Waals surface area contributed by atoms with Gasteiger partial charge in [-0.2, -0.15) is 5.10 Å². The molecule has 0 radical (unpaired) electrons. The highest BCUT2D eigenvalue weighted by atomic mass is 32.1. The molecule has 0 atom stereocenters. The van der Waals surface area contributed by atoms with E-state index in [0.29, 0.717) is 22.9 Å². The second-order valence-corrected chi connectivity index (χ2v) is 7.14. The van der Waals surface area contributed by atoms with Crippen molar-refractivity contribution in [2.45, 2.75) is 0 Å². The highest BCUT2D eigenvalue weighted by Crippen LogP contribution is 2.28. The Labute approximate surface area is 172 Å². The summed E-state index contributed by atoms with van der Waals surface area (Å²) in [7, 11) is 3.14. The molecule has 0 saturated carbocycles. The first-order chi connectivity index (χ1) is 14.2. The lowest BCUT2D eigenvalue weighted by Gasteiger charge is -2.11. The minimum atomic E-state index is -0.278. The second kappa shape index (κ2) is 8.20. The fourth-order valence-electron chi connectivity index (χ4n) is 2.93. The van der Waals surface area contributed by atoms with Gasteiger partial charge >= 0.3 is 0 Å². The fourth-order valence-corrected chi connectivity index (χ4v) is 3.61. The van der Waals surface area contributed by atoms with Crippen LogP contribution in [-0.4, -0.2) is 29.9 Å². The number of nitrogens with one attached hydrogen (secondary N) is 1. The van der Waals surface area contributed by atoms with E-state index in [9.17, 15) is 4.79 Å². The normalized spacial score (nSPS) is 10.6. The van der Waals surface area contributed by atoms with Gasteiger partial charge in [0.15, 0.2) is 0 Å². The molecule has 1 N–H and O–H groups in total. The minimum Gasteiger partial charge on any atom is -0.497 e. The maximum absolute atomic E-state index is 13.1. The number of ether oxygens (including phenoxy) is 2. The summed E-state index contributed by atoms with van der Waals surface area (Å²) in [5, 5.41) is 9.58.